The summed E-state index contributed by atoms with van der Waals surface area (Å²) in [6.45, 7) is 1.87. The minimum Gasteiger partial charge on any atom is -0.306 e. The highest BCUT2D eigenvalue weighted by Gasteiger charge is 2.11. The van der Waals surface area contributed by atoms with Crippen LogP contribution in [-0.4, -0.2) is 10.9 Å². The molecule has 1 amide bonds. The standard InChI is InChI=1S/C13H10BrClN2O/c1-8-6-9(14)7-16-12(8)17-13(18)10-4-2-3-5-11(10)15/h2-7H,1H3,(H,16,17,18). The minimum atomic E-state index is -0.265. The Morgan fingerprint density at radius 1 is 1.39 bits per heavy atom. The van der Waals surface area contributed by atoms with E-state index in [-0.39, 0.29) is 5.91 Å². The quantitative estimate of drug-likeness (QED) is 0.905. The van der Waals surface area contributed by atoms with Gasteiger partial charge in [0.2, 0.25) is 0 Å². The van der Waals surface area contributed by atoms with E-state index >= 15 is 0 Å². The van der Waals surface area contributed by atoms with Crippen molar-refractivity contribution in [1.82, 2.24) is 4.98 Å². The largest absolute Gasteiger partial charge is 0.306 e. The molecular formula is C13H10BrClN2O. The number of pyridine rings is 1. The molecule has 1 N–H and O–H groups in total. The van der Waals surface area contributed by atoms with Crippen LogP contribution < -0.4 is 5.32 Å². The number of hydrogen-bond donors (Lipinski definition) is 1. The zero-order valence-electron chi connectivity index (χ0n) is 9.58. The Labute approximate surface area is 118 Å². The number of carbonyl (C=O) groups is 1. The summed E-state index contributed by atoms with van der Waals surface area (Å²) >= 11 is 9.28. The lowest BCUT2D eigenvalue weighted by Crippen LogP contribution is -2.14. The first kappa shape index (κ1) is 13.1. The third-order valence-corrected chi connectivity index (χ3v) is 3.16. The van der Waals surface area contributed by atoms with Gasteiger partial charge < -0.3 is 5.32 Å². The molecule has 1 heterocycles. The fourth-order valence-electron chi connectivity index (χ4n) is 1.49. The second-order valence-corrected chi connectivity index (χ2v) is 5.08. The normalized spacial score (nSPS) is 10.2. The third-order valence-electron chi connectivity index (χ3n) is 2.40. The molecule has 0 bridgehead atoms. The van der Waals surface area contributed by atoms with Crippen LogP contribution in [0.1, 0.15) is 15.9 Å². The Morgan fingerprint density at radius 3 is 2.78 bits per heavy atom. The Morgan fingerprint density at radius 2 is 2.11 bits per heavy atom. The van der Waals surface area contributed by atoms with E-state index in [9.17, 15) is 4.79 Å². The molecule has 0 spiro atoms. The molecule has 0 aliphatic rings. The number of aromatic nitrogens is 1. The van der Waals surface area contributed by atoms with Gasteiger partial charge in [-0.2, -0.15) is 0 Å². The number of nitrogens with one attached hydrogen (secondary N) is 1. The Hall–Kier alpha value is -1.39. The van der Waals surface area contributed by atoms with Crippen molar-refractivity contribution >= 4 is 39.3 Å². The van der Waals surface area contributed by atoms with E-state index in [4.69, 9.17) is 11.6 Å². The third kappa shape index (κ3) is 2.89. The molecule has 0 saturated heterocycles. The Balaban J connectivity index is 2.24. The highest BCUT2D eigenvalue weighted by atomic mass is 79.9. The summed E-state index contributed by atoms with van der Waals surface area (Å²) in [7, 11) is 0. The van der Waals surface area contributed by atoms with Gasteiger partial charge >= 0.3 is 0 Å². The first-order chi connectivity index (χ1) is 8.58. The van der Waals surface area contributed by atoms with Gasteiger partial charge in [-0.25, -0.2) is 4.98 Å². The van der Waals surface area contributed by atoms with Crippen molar-refractivity contribution in [2.24, 2.45) is 0 Å². The van der Waals surface area contributed by atoms with E-state index in [0.717, 1.165) is 10.0 Å². The summed E-state index contributed by atoms with van der Waals surface area (Å²) < 4.78 is 0.871. The van der Waals surface area contributed by atoms with Crippen LogP contribution >= 0.6 is 27.5 Å². The van der Waals surface area contributed by atoms with Gasteiger partial charge in [0.05, 0.1) is 10.6 Å². The molecule has 0 atom stereocenters. The highest BCUT2D eigenvalue weighted by molar-refractivity contribution is 9.10. The topological polar surface area (TPSA) is 42.0 Å². The second-order valence-electron chi connectivity index (χ2n) is 3.75. The fraction of sp³-hybridized carbons (Fsp3) is 0.0769. The van der Waals surface area contributed by atoms with Crippen molar-refractivity contribution in [3.63, 3.8) is 0 Å². The average Bonchev–Trinajstić information content (AvgIpc) is 2.33. The molecule has 3 nitrogen and oxygen atoms in total. The van der Waals surface area contributed by atoms with E-state index in [1.807, 2.05) is 13.0 Å². The lowest BCUT2D eigenvalue weighted by molar-refractivity contribution is 0.102. The molecule has 1 aromatic heterocycles. The first-order valence-electron chi connectivity index (χ1n) is 5.26. The molecule has 92 valence electrons. The van der Waals surface area contributed by atoms with Gasteiger partial charge in [0.25, 0.3) is 5.91 Å². The maximum Gasteiger partial charge on any atom is 0.258 e. The Bertz CT molecular complexity index is 601. The van der Waals surface area contributed by atoms with Gasteiger partial charge in [-0.1, -0.05) is 23.7 Å². The molecule has 0 unspecified atom stereocenters. The zero-order valence-corrected chi connectivity index (χ0v) is 11.9. The molecule has 2 aromatic rings. The molecule has 5 heteroatoms. The van der Waals surface area contributed by atoms with E-state index < -0.39 is 0 Å². The van der Waals surface area contributed by atoms with E-state index in [2.05, 4.69) is 26.2 Å². The predicted octanol–water partition coefficient (Wildman–Crippen LogP) is 4.06. The van der Waals surface area contributed by atoms with Crippen LogP contribution in [0.2, 0.25) is 5.02 Å². The number of rotatable bonds is 2. The summed E-state index contributed by atoms with van der Waals surface area (Å²) in [6.07, 6.45) is 1.63. The molecule has 0 aliphatic carbocycles. The molecule has 2 rings (SSSR count). The van der Waals surface area contributed by atoms with Crippen molar-refractivity contribution in [3.8, 4) is 0 Å². The average molecular weight is 326 g/mol. The fourth-order valence-corrected chi connectivity index (χ4v) is 2.16. The molecule has 1 aromatic carbocycles. The van der Waals surface area contributed by atoms with Gasteiger partial charge in [-0.05, 0) is 46.6 Å². The highest BCUT2D eigenvalue weighted by Crippen LogP contribution is 2.20. The summed E-state index contributed by atoms with van der Waals surface area (Å²) in [5.41, 5.74) is 1.31. The molecule has 0 fully saturated rings. The summed E-state index contributed by atoms with van der Waals surface area (Å²) in [5.74, 6) is 0.265. The van der Waals surface area contributed by atoms with Crippen LogP contribution in [0.4, 0.5) is 5.82 Å². The van der Waals surface area contributed by atoms with Gasteiger partial charge in [0.15, 0.2) is 0 Å². The SMILES string of the molecule is Cc1cc(Br)cnc1NC(=O)c1ccccc1Cl. The molecule has 18 heavy (non-hydrogen) atoms. The maximum atomic E-state index is 12.0. The van der Waals surface area contributed by atoms with Crippen LogP contribution in [0.3, 0.4) is 0 Å². The second kappa shape index (κ2) is 5.50. The van der Waals surface area contributed by atoms with Crippen molar-refractivity contribution in [3.05, 3.63) is 57.2 Å². The summed E-state index contributed by atoms with van der Waals surface area (Å²) in [4.78, 5) is 16.2. The van der Waals surface area contributed by atoms with Crippen LogP contribution in [0.5, 0.6) is 0 Å². The van der Waals surface area contributed by atoms with Crippen molar-refractivity contribution < 1.29 is 4.79 Å². The number of benzene rings is 1. The number of aryl methyl sites for hydroxylation is 1. The minimum absolute atomic E-state index is 0.265. The van der Waals surface area contributed by atoms with Crippen molar-refractivity contribution in [1.29, 1.82) is 0 Å². The van der Waals surface area contributed by atoms with Crippen LogP contribution in [0, 0.1) is 6.92 Å². The van der Waals surface area contributed by atoms with E-state index in [1.165, 1.54) is 0 Å². The van der Waals surface area contributed by atoms with Crippen LogP contribution in [-0.2, 0) is 0 Å². The monoisotopic (exact) mass is 324 g/mol. The number of amides is 1. The number of halogens is 2. The predicted molar refractivity (Wildman–Crippen MR) is 76.1 cm³/mol. The molecule has 0 aliphatic heterocycles. The maximum absolute atomic E-state index is 12.0. The van der Waals surface area contributed by atoms with Crippen LogP contribution in [0.15, 0.2) is 41.0 Å². The van der Waals surface area contributed by atoms with Crippen molar-refractivity contribution in [2.45, 2.75) is 6.92 Å². The van der Waals surface area contributed by atoms with Crippen LogP contribution in [0.25, 0.3) is 0 Å². The molecule has 0 saturated carbocycles. The summed E-state index contributed by atoms with van der Waals surface area (Å²) in [5, 5.41) is 3.16. The molecule has 0 radical (unpaired) electrons. The lowest BCUT2D eigenvalue weighted by Gasteiger charge is -2.08. The number of hydrogen-bond acceptors (Lipinski definition) is 2. The first-order valence-corrected chi connectivity index (χ1v) is 6.43. The zero-order chi connectivity index (χ0) is 13.1. The van der Waals surface area contributed by atoms with E-state index in [0.29, 0.717) is 16.4 Å². The van der Waals surface area contributed by atoms with Crippen molar-refractivity contribution in [2.75, 3.05) is 5.32 Å². The number of nitrogens with zero attached hydrogens (tertiary/aromatic N) is 1. The van der Waals surface area contributed by atoms with Gasteiger partial charge in [-0.15, -0.1) is 0 Å². The van der Waals surface area contributed by atoms with Gasteiger partial charge in [0, 0.05) is 10.7 Å². The van der Waals surface area contributed by atoms with E-state index in [1.54, 1.807) is 30.5 Å². The molecular weight excluding hydrogens is 316 g/mol. The number of carbonyl (C=O) groups excluding carboxylic acids is 1. The summed E-state index contributed by atoms with van der Waals surface area (Å²) in [6, 6.07) is 8.78. The smallest absolute Gasteiger partial charge is 0.258 e. The number of anilines is 1. The van der Waals surface area contributed by atoms with Gasteiger partial charge in [-0.3, -0.25) is 4.79 Å². The Kier molecular flexibility index (Phi) is 3.99. The van der Waals surface area contributed by atoms with Gasteiger partial charge in [0.1, 0.15) is 5.82 Å². The lowest BCUT2D eigenvalue weighted by atomic mass is 10.2.